The Morgan fingerprint density at radius 3 is 2.18 bits per heavy atom. The third kappa shape index (κ3) is 7.81. The Balaban J connectivity index is 1.03. The van der Waals surface area contributed by atoms with E-state index in [1.807, 2.05) is 0 Å². The number of nitrogens with one attached hydrogen (secondary N) is 2. The van der Waals surface area contributed by atoms with E-state index in [1.54, 1.807) is 0 Å². The molecule has 0 bridgehead atoms. The second-order valence-electron chi connectivity index (χ2n) is 10.6. The average Bonchev–Trinajstić information content (AvgIpc) is 2.89. The molecule has 2 fully saturated rings. The molecule has 0 unspecified atom stereocenters. The number of rotatable bonds is 12. The van der Waals surface area contributed by atoms with Crippen molar-refractivity contribution in [3.05, 3.63) is 48.0 Å². The summed E-state index contributed by atoms with van der Waals surface area (Å²) in [5, 5.41) is 9.89. The molecule has 2 aromatic carbocycles. The number of carbonyl (C=O) groups excluding carboxylic acids is 1. The van der Waals surface area contributed by atoms with Gasteiger partial charge in [0.05, 0.1) is 0 Å². The molecule has 1 amide bonds. The molecule has 0 spiro atoms. The summed E-state index contributed by atoms with van der Waals surface area (Å²) < 4.78 is 0. The van der Waals surface area contributed by atoms with E-state index in [0.29, 0.717) is 18.2 Å². The van der Waals surface area contributed by atoms with Crippen molar-refractivity contribution in [1.82, 2.24) is 15.5 Å². The molecule has 4 nitrogen and oxygen atoms in total. The number of piperidine rings is 1. The number of hydrogen-bond donors (Lipinski definition) is 2. The molecule has 1 aliphatic heterocycles. The van der Waals surface area contributed by atoms with Crippen LogP contribution in [0, 0.1) is 11.8 Å². The van der Waals surface area contributed by atoms with Crippen LogP contribution in [0.3, 0.4) is 0 Å². The maximum absolute atomic E-state index is 12.8. The summed E-state index contributed by atoms with van der Waals surface area (Å²) >= 11 is 0. The lowest BCUT2D eigenvalue weighted by Crippen LogP contribution is -2.41. The molecule has 1 aliphatic carbocycles. The number of benzene rings is 2. The van der Waals surface area contributed by atoms with Gasteiger partial charge in [0.1, 0.15) is 0 Å². The number of nitrogens with zero attached hydrogens (tertiary/aromatic N) is 1. The predicted molar refractivity (Wildman–Crippen MR) is 143 cm³/mol. The summed E-state index contributed by atoms with van der Waals surface area (Å²) in [6.45, 7) is 6.46. The zero-order valence-corrected chi connectivity index (χ0v) is 21.1. The summed E-state index contributed by atoms with van der Waals surface area (Å²) in [5.41, 5.74) is 1.29. The quantitative estimate of drug-likeness (QED) is 0.406. The summed E-state index contributed by atoms with van der Waals surface area (Å²) in [5.74, 6) is 1.97. The maximum Gasteiger partial charge on any atom is 0.222 e. The predicted octanol–water partition coefficient (Wildman–Crippen LogP) is 5.55. The van der Waals surface area contributed by atoms with Crippen molar-refractivity contribution in [2.24, 2.45) is 11.8 Å². The molecule has 1 saturated heterocycles. The fourth-order valence-corrected chi connectivity index (χ4v) is 5.80. The van der Waals surface area contributed by atoms with Crippen LogP contribution in [-0.2, 0) is 11.2 Å². The van der Waals surface area contributed by atoms with Crippen molar-refractivity contribution < 1.29 is 4.79 Å². The molecule has 0 atom stereocenters. The number of aryl methyl sites for hydroxylation is 1. The molecule has 2 aliphatic rings. The third-order valence-corrected chi connectivity index (χ3v) is 8.00. The van der Waals surface area contributed by atoms with Gasteiger partial charge in [0.15, 0.2) is 0 Å². The van der Waals surface area contributed by atoms with Crippen LogP contribution in [0.1, 0.15) is 69.8 Å². The van der Waals surface area contributed by atoms with Crippen LogP contribution < -0.4 is 10.6 Å². The van der Waals surface area contributed by atoms with E-state index < -0.39 is 0 Å². The highest BCUT2D eigenvalue weighted by atomic mass is 16.2. The molecule has 34 heavy (non-hydrogen) atoms. The van der Waals surface area contributed by atoms with Gasteiger partial charge in [0.25, 0.3) is 0 Å². The van der Waals surface area contributed by atoms with Gasteiger partial charge >= 0.3 is 0 Å². The van der Waals surface area contributed by atoms with Crippen molar-refractivity contribution in [2.75, 3.05) is 39.3 Å². The second-order valence-corrected chi connectivity index (χ2v) is 10.6. The van der Waals surface area contributed by atoms with Gasteiger partial charge in [-0.2, -0.15) is 0 Å². The minimum absolute atomic E-state index is 0.320. The van der Waals surface area contributed by atoms with E-state index in [4.69, 9.17) is 0 Å². The normalized spacial score (nSPS) is 17.9. The fraction of sp³-hybridized carbons (Fsp3) is 0.633. The van der Waals surface area contributed by atoms with Crippen LogP contribution in [0.15, 0.2) is 42.5 Å². The smallest absolute Gasteiger partial charge is 0.222 e. The highest BCUT2D eigenvalue weighted by Crippen LogP contribution is 2.23. The summed E-state index contributed by atoms with van der Waals surface area (Å²) in [6, 6.07) is 14.9. The first kappa shape index (κ1) is 25.2. The van der Waals surface area contributed by atoms with Crippen LogP contribution in [0.4, 0.5) is 0 Å². The Morgan fingerprint density at radius 2 is 1.44 bits per heavy atom. The first-order valence-corrected chi connectivity index (χ1v) is 14.0. The zero-order chi connectivity index (χ0) is 23.4. The number of unbranched alkanes of at least 4 members (excludes halogenated alkanes) is 1. The van der Waals surface area contributed by atoms with Crippen molar-refractivity contribution in [3.63, 3.8) is 0 Å². The topological polar surface area (TPSA) is 44.4 Å². The van der Waals surface area contributed by atoms with Gasteiger partial charge < -0.3 is 15.5 Å². The standard InChI is InChI=1S/C30H45N3O/c34-30(16-15-28-13-8-12-27-11-4-5-14-29(27)28)33-21-17-26(18-22-33)24-32-20-7-6-19-31-23-25-9-2-1-3-10-25/h4-5,8,11-14,25-26,31-32H,1-3,6-7,9-10,15-24H2. The molecule has 4 rings (SSSR count). The number of likely N-dealkylation sites (tertiary alicyclic amines) is 1. The van der Waals surface area contributed by atoms with Crippen LogP contribution in [-0.4, -0.2) is 50.1 Å². The minimum Gasteiger partial charge on any atom is -0.343 e. The van der Waals surface area contributed by atoms with Crippen LogP contribution in [0.25, 0.3) is 10.8 Å². The Labute approximate surface area is 206 Å². The Hall–Kier alpha value is -1.91. The Kier molecular flexibility index (Phi) is 10.3. The molecule has 1 heterocycles. The third-order valence-electron chi connectivity index (χ3n) is 8.00. The minimum atomic E-state index is 0.320. The summed E-state index contributed by atoms with van der Waals surface area (Å²) in [4.78, 5) is 14.9. The van der Waals surface area contributed by atoms with E-state index in [2.05, 4.69) is 58.0 Å². The first-order valence-electron chi connectivity index (χ1n) is 14.0. The fourth-order valence-electron chi connectivity index (χ4n) is 5.80. The Morgan fingerprint density at radius 1 is 0.794 bits per heavy atom. The average molecular weight is 464 g/mol. The van der Waals surface area contributed by atoms with Gasteiger partial charge in [0.2, 0.25) is 5.91 Å². The lowest BCUT2D eigenvalue weighted by atomic mass is 9.89. The van der Waals surface area contributed by atoms with Crippen molar-refractivity contribution in [3.8, 4) is 0 Å². The molecule has 1 saturated carbocycles. The van der Waals surface area contributed by atoms with Crippen LogP contribution >= 0.6 is 0 Å². The molecule has 0 radical (unpaired) electrons. The second kappa shape index (κ2) is 13.8. The van der Waals surface area contributed by atoms with E-state index in [0.717, 1.165) is 57.9 Å². The van der Waals surface area contributed by atoms with Gasteiger partial charge in [-0.3, -0.25) is 4.79 Å². The van der Waals surface area contributed by atoms with Gasteiger partial charge in [-0.05, 0) is 99.3 Å². The molecule has 2 aromatic rings. The highest BCUT2D eigenvalue weighted by Gasteiger charge is 2.22. The molecule has 2 N–H and O–H groups in total. The number of hydrogen-bond acceptors (Lipinski definition) is 3. The maximum atomic E-state index is 12.8. The van der Waals surface area contributed by atoms with Crippen LogP contribution in [0.5, 0.6) is 0 Å². The van der Waals surface area contributed by atoms with E-state index in [9.17, 15) is 4.79 Å². The van der Waals surface area contributed by atoms with E-state index >= 15 is 0 Å². The monoisotopic (exact) mass is 463 g/mol. The highest BCUT2D eigenvalue weighted by molar-refractivity contribution is 5.86. The number of fused-ring (bicyclic) bond motifs is 1. The molecule has 4 heteroatoms. The SMILES string of the molecule is O=C(CCc1cccc2ccccc12)N1CCC(CNCCCCNCC2CCCCC2)CC1. The van der Waals surface area contributed by atoms with Gasteiger partial charge in [-0.25, -0.2) is 0 Å². The van der Waals surface area contributed by atoms with Crippen molar-refractivity contribution in [1.29, 1.82) is 0 Å². The van der Waals surface area contributed by atoms with Crippen LogP contribution in [0.2, 0.25) is 0 Å². The summed E-state index contributed by atoms with van der Waals surface area (Å²) in [7, 11) is 0. The van der Waals surface area contributed by atoms with Crippen molar-refractivity contribution in [2.45, 2.75) is 70.6 Å². The van der Waals surface area contributed by atoms with E-state index in [1.165, 1.54) is 67.8 Å². The van der Waals surface area contributed by atoms with Gasteiger partial charge in [-0.1, -0.05) is 61.7 Å². The lowest BCUT2D eigenvalue weighted by Gasteiger charge is -2.32. The number of amides is 1. The molecule has 0 aromatic heterocycles. The zero-order valence-electron chi connectivity index (χ0n) is 21.1. The van der Waals surface area contributed by atoms with Gasteiger partial charge in [0, 0.05) is 19.5 Å². The molecule has 186 valence electrons. The summed E-state index contributed by atoms with van der Waals surface area (Å²) in [6.07, 6.45) is 13.4. The molecular weight excluding hydrogens is 418 g/mol. The van der Waals surface area contributed by atoms with Gasteiger partial charge in [-0.15, -0.1) is 0 Å². The first-order chi connectivity index (χ1) is 16.8. The number of carbonyl (C=O) groups is 1. The Bertz CT molecular complexity index is 863. The molecular formula is C30H45N3O. The lowest BCUT2D eigenvalue weighted by molar-refractivity contribution is -0.132. The largest absolute Gasteiger partial charge is 0.343 e. The van der Waals surface area contributed by atoms with E-state index in [-0.39, 0.29) is 0 Å². The van der Waals surface area contributed by atoms with Crippen molar-refractivity contribution >= 4 is 16.7 Å².